The first-order valence-electron chi connectivity index (χ1n) is 8.62. The molecule has 3 amide bonds. The summed E-state index contributed by atoms with van der Waals surface area (Å²) in [5.74, 6) is 0.0322. The minimum Gasteiger partial charge on any atom is -0.352 e. The first-order valence-corrected chi connectivity index (χ1v) is 8.62. The summed E-state index contributed by atoms with van der Waals surface area (Å²) in [6.45, 7) is 1.74. The van der Waals surface area contributed by atoms with Crippen molar-refractivity contribution in [2.75, 3.05) is 27.2 Å². The van der Waals surface area contributed by atoms with E-state index in [0.29, 0.717) is 32.5 Å². The number of aromatic nitrogens is 1. The number of carbonyl (C=O) groups excluding carboxylic acids is 2. The topological polar surface area (TPSA) is 65.5 Å². The van der Waals surface area contributed by atoms with Gasteiger partial charge in [-0.15, -0.1) is 0 Å². The van der Waals surface area contributed by atoms with Crippen LogP contribution in [-0.2, 0) is 11.3 Å². The number of hydrogen-bond acceptors (Lipinski definition) is 3. The lowest BCUT2D eigenvalue weighted by molar-refractivity contribution is -0.126. The van der Waals surface area contributed by atoms with Crippen molar-refractivity contribution in [3.63, 3.8) is 0 Å². The Hall–Kier alpha value is -2.63. The van der Waals surface area contributed by atoms with Gasteiger partial charge in [-0.3, -0.25) is 9.78 Å². The molecule has 25 heavy (non-hydrogen) atoms. The lowest BCUT2D eigenvalue weighted by Gasteiger charge is -2.33. The maximum absolute atomic E-state index is 12.4. The van der Waals surface area contributed by atoms with Gasteiger partial charge in [-0.1, -0.05) is 18.2 Å². The van der Waals surface area contributed by atoms with Crippen molar-refractivity contribution in [1.82, 2.24) is 20.1 Å². The van der Waals surface area contributed by atoms with Crippen molar-refractivity contribution in [3.05, 3.63) is 42.1 Å². The molecule has 0 radical (unpaired) electrons. The molecule has 0 saturated carbocycles. The molecule has 6 heteroatoms. The standard InChI is InChI=1S/C19H24N4O2/c1-22(2)19(25)23-9-7-15(8-10-23)18(24)21-13-14-11-16-5-3-4-6-17(16)20-12-14/h3-6,11-12,15H,7-10,13H2,1-2H3,(H,21,24). The summed E-state index contributed by atoms with van der Waals surface area (Å²) in [4.78, 5) is 32.1. The second kappa shape index (κ2) is 7.51. The molecule has 6 nitrogen and oxygen atoms in total. The van der Waals surface area contributed by atoms with Crippen LogP contribution in [0.25, 0.3) is 10.9 Å². The molecule has 1 aliphatic rings. The Labute approximate surface area is 147 Å². The van der Waals surface area contributed by atoms with E-state index in [2.05, 4.69) is 16.4 Å². The van der Waals surface area contributed by atoms with Gasteiger partial charge in [0.05, 0.1) is 5.52 Å². The molecule has 1 aromatic heterocycles. The van der Waals surface area contributed by atoms with Crippen LogP contribution in [0.3, 0.4) is 0 Å². The van der Waals surface area contributed by atoms with Gasteiger partial charge in [-0.05, 0) is 30.5 Å². The molecule has 3 rings (SSSR count). The highest BCUT2D eigenvalue weighted by Crippen LogP contribution is 2.18. The number of benzene rings is 1. The number of para-hydroxylation sites is 1. The van der Waals surface area contributed by atoms with Gasteiger partial charge in [0.15, 0.2) is 0 Å². The molecular formula is C19H24N4O2. The Morgan fingerprint density at radius 3 is 2.68 bits per heavy atom. The zero-order valence-corrected chi connectivity index (χ0v) is 14.7. The highest BCUT2D eigenvalue weighted by Gasteiger charge is 2.27. The molecule has 1 N–H and O–H groups in total. The monoisotopic (exact) mass is 340 g/mol. The van der Waals surface area contributed by atoms with Crippen LogP contribution in [0.2, 0.25) is 0 Å². The van der Waals surface area contributed by atoms with Crippen molar-refractivity contribution < 1.29 is 9.59 Å². The fraction of sp³-hybridized carbons (Fsp3) is 0.421. The van der Waals surface area contributed by atoms with E-state index in [4.69, 9.17) is 0 Å². The predicted octanol–water partition coefficient (Wildman–Crippen LogP) is 2.24. The molecule has 0 atom stereocenters. The highest BCUT2D eigenvalue weighted by molar-refractivity contribution is 5.81. The van der Waals surface area contributed by atoms with Crippen LogP contribution in [0, 0.1) is 5.92 Å². The van der Waals surface area contributed by atoms with E-state index in [9.17, 15) is 9.59 Å². The summed E-state index contributed by atoms with van der Waals surface area (Å²) in [6, 6.07) is 10.0. The normalized spacial score (nSPS) is 15.2. The largest absolute Gasteiger partial charge is 0.352 e. The number of fused-ring (bicyclic) bond motifs is 1. The van der Waals surface area contributed by atoms with Gasteiger partial charge in [0.25, 0.3) is 0 Å². The number of hydrogen-bond donors (Lipinski definition) is 1. The summed E-state index contributed by atoms with van der Waals surface area (Å²) in [5.41, 5.74) is 1.95. The molecule has 1 aromatic carbocycles. The Kier molecular flexibility index (Phi) is 5.16. The van der Waals surface area contributed by atoms with Crippen molar-refractivity contribution in [1.29, 1.82) is 0 Å². The summed E-state index contributed by atoms with van der Waals surface area (Å²) in [7, 11) is 3.50. The molecule has 1 fully saturated rings. The molecule has 1 saturated heterocycles. The molecule has 0 bridgehead atoms. The third-order valence-corrected chi connectivity index (χ3v) is 4.63. The Bertz CT molecular complexity index is 767. The van der Waals surface area contributed by atoms with E-state index in [0.717, 1.165) is 16.5 Å². The van der Waals surface area contributed by atoms with E-state index < -0.39 is 0 Å². The second-order valence-corrected chi connectivity index (χ2v) is 6.69. The average molecular weight is 340 g/mol. The summed E-state index contributed by atoms with van der Waals surface area (Å²) in [6.07, 6.45) is 3.23. The number of piperidine rings is 1. The number of nitrogens with zero attached hydrogens (tertiary/aromatic N) is 3. The van der Waals surface area contributed by atoms with E-state index in [1.54, 1.807) is 30.1 Å². The molecule has 0 spiro atoms. The van der Waals surface area contributed by atoms with Gasteiger partial charge in [0.2, 0.25) is 5.91 Å². The average Bonchev–Trinajstić information content (AvgIpc) is 2.65. The summed E-state index contributed by atoms with van der Waals surface area (Å²) < 4.78 is 0. The fourth-order valence-electron chi connectivity index (χ4n) is 3.16. The minimum atomic E-state index is -0.0281. The van der Waals surface area contributed by atoms with Crippen LogP contribution in [0.5, 0.6) is 0 Å². The molecular weight excluding hydrogens is 316 g/mol. The molecule has 132 valence electrons. The van der Waals surface area contributed by atoms with Crippen LogP contribution >= 0.6 is 0 Å². The summed E-state index contributed by atoms with van der Waals surface area (Å²) >= 11 is 0. The smallest absolute Gasteiger partial charge is 0.319 e. The Balaban J connectivity index is 1.52. The zero-order chi connectivity index (χ0) is 17.8. The van der Waals surface area contributed by atoms with E-state index in [1.807, 2.05) is 24.3 Å². The van der Waals surface area contributed by atoms with E-state index in [-0.39, 0.29) is 17.9 Å². The fourth-order valence-corrected chi connectivity index (χ4v) is 3.16. The van der Waals surface area contributed by atoms with Crippen molar-refractivity contribution >= 4 is 22.8 Å². The maximum atomic E-state index is 12.4. The molecule has 2 aromatic rings. The number of urea groups is 1. The predicted molar refractivity (Wildman–Crippen MR) is 97.0 cm³/mol. The van der Waals surface area contributed by atoms with E-state index in [1.165, 1.54) is 0 Å². The van der Waals surface area contributed by atoms with Gasteiger partial charge in [0, 0.05) is 51.2 Å². The lowest BCUT2D eigenvalue weighted by atomic mass is 9.96. The van der Waals surface area contributed by atoms with Crippen molar-refractivity contribution in [2.24, 2.45) is 5.92 Å². The lowest BCUT2D eigenvalue weighted by Crippen LogP contribution is -2.46. The zero-order valence-electron chi connectivity index (χ0n) is 14.7. The number of carbonyl (C=O) groups is 2. The SMILES string of the molecule is CN(C)C(=O)N1CCC(C(=O)NCc2cnc3ccccc3c2)CC1. The maximum Gasteiger partial charge on any atom is 0.319 e. The van der Waals surface area contributed by atoms with Crippen LogP contribution in [-0.4, -0.2) is 53.9 Å². The van der Waals surface area contributed by atoms with Crippen LogP contribution in [0.15, 0.2) is 36.5 Å². The minimum absolute atomic E-state index is 0.0149. The van der Waals surface area contributed by atoms with Crippen molar-refractivity contribution in [3.8, 4) is 0 Å². The van der Waals surface area contributed by atoms with Crippen LogP contribution < -0.4 is 5.32 Å². The molecule has 0 aliphatic carbocycles. The van der Waals surface area contributed by atoms with Crippen molar-refractivity contribution in [2.45, 2.75) is 19.4 Å². The van der Waals surface area contributed by atoms with Gasteiger partial charge in [-0.2, -0.15) is 0 Å². The van der Waals surface area contributed by atoms with Gasteiger partial charge < -0.3 is 15.1 Å². The van der Waals surface area contributed by atoms with Gasteiger partial charge in [-0.25, -0.2) is 4.79 Å². The number of pyridine rings is 1. The first-order chi connectivity index (χ1) is 12.0. The highest BCUT2D eigenvalue weighted by atomic mass is 16.2. The third kappa shape index (κ3) is 4.07. The van der Waals surface area contributed by atoms with Crippen LogP contribution in [0.4, 0.5) is 4.79 Å². The number of likely N-dealkylation sites (tertiary alicyclic amines) is 1. The Morgan fingerprint density at radius 1 is 1.24 bits per heavy atom. The Morgan fingerprint density at radius 2 is 1.96 bits per heavy atom. The van der Waals surface area contributed by atoms with E-state index >= 15 is 0 Å². The number of rotatable bonds is 3. The van der Waals surface area contributed by atoms with Gasteiger partial charge in [0.1, 0.15) is 0 Å². The second-order valence-electron chi connectivity index (χ2n) is 6.69. The number of amides is 3. The first kappa shape index (κ1) is 17.2. The van der Waals surface area contributed by atoms with Gasteiger partial charge >= 0.3 is 6.03 Å². The number of nitrogens with one attached hydrogen (secondary N) is 1. The third-order valence-electron chi connectivity index (χ3n) is 4.63. The quantitative estimate of drug-likeness (QED) is 0.932. The molecule has 0 unspecified atom stereocenters. The summed E-state index contributed by atoms with van der Waals surface area (Å²) in [5, 5.41) is 4.08. The molecule has 1 aliphatic heterocycles. The molecule has 2 heterocycles. The van der Waals surface area contributed by atoms with Crippen LogP contribution in [0.1, 0.15) is 18.4 Å².